The summed E-state index contributed by atoms with van der Waals surface area (Å²) in [6, 6.07) is 7.58. The molecule has 1 aliphatic heterocycles. The highest BCUT2D eigenvalue weighted by atomic mass is 16.2. The van der Waals surface area contributed by atoms with Crippen LogP contribution in [0, 0.1) is 5.92 Å². The maximum Gasteiger partial charge on any atom is 0.231 e. The van der Waals surface area contributed by atoms with Gasteiger partial charge in [-0.25, -0.2) is 4.98 Å². The maximum absolute atomic E-state index is 12.0. The number of piperidine rings is 1. The molecule has 98 valence electrons. The quantitative estimate of drug-likeness (QED) is 0.751. The first kappa shape index (κ1) is 11.7. The SMILES string of the molecule is O=C1CC[C@H](C(=O)Nc2nc3ccccc3[nH]2)CN1. The zero-order valence-corrected chi connectivity index (χ0v) is 10.3. The zero-order chi connectivity index (χ0) is 13.2. The summed E-state index contributed by atoms with van der Waals surface area (Å²) in [5.41, 5.74) is 1.70. The number of carbonyl (C=O) groups is 2. The molecule has 1 aliphatic rings. The number of fused-ring (bicyclic) bond motifs is 1. The minimum Gasteiger partial charge on any atom is -0.355 e. The Labute approximate surface area is 109 Å². The number of H-pyrrole nitrogens is 1. The summed E-state index contributed by atoms with van der Waals surface area (Å²) in [7, 11) is 0. The van der Waals surface area contributed by atoms with Crippen LogP contribution in [0.2, 0.25) is 0 Å². The number of carbonyl (C=O) groups excluding carboxylic acids is 2. The Kier molecular flexibility index (Phi) is 2.91. The molecule has 1 aromatic heterocycles. The highest BCUT2D eigenvalue weighted by Gasteiger charge is 2.24. The molecule has 0 unspecified atom stereocenters. The van der Waals surface area contributed by atoms with E-state index in [-0.39, 0.29) is 17.7 Å². The molecule has 2 amide bonds. The van der Waals surface area contributed by atoms with Crippen molar-refractivity contribution in [3.8, 4) is 0 Å². The number of hydrogen-bond acceptors (Lipinski definition) is 3. The van der Waals surface area contributed by atoms with Gasteiger partial charge in [0.25, 0.3) is 0 Å². The number of anilines is 1. The van der Waals surface area contributed by atoms with E-state index in [0.29, 0.717) is 25.3 Å². The molecule has 2 aromatic rings. The van der Waals surface area contributed by atoms with Gasteiger partial charge in [0.2, 0.25) is 17.8 Å². The molecule has 6 nitrogen and oxygen atoms in total. The summed E-state index contributed by atoms with van der Waals surface area (Å²) in [4.78, 5) is 30.4. The number of nitrogens with one attached hydrogen (secondary N) is 3. The van der Waals surface area contributed by atoms with E-state index in [4.69, 9.17) is 0 Å². The lowest BCUT2D eigenvalue weighted by atomic mass is 9.98. The standard InChI is InChI=1S/C13H14N4O2/c18-11-6-5-8(7-14-11)12(19)17-13-15-9-3-1-2-4-10(9)16-13/h1-4,8H,5-7H2,(H,14,18)(H2,15,16,17,19)/t8-/m0/s1. The molecule has 0 radical (unpaired) electrons. The number of imidazole rings is 1. The van der Waals surface area contributed by atoms with Crippen LogP contribution in [0.1, 0.15) is 12.8 Å². The number of amides is 2. The van der Waals surface area contributed by atoms with Crippen molar-refractivity contribution in [2.24, 2.45) is 5.92 Å². The third-order valence-corrected chi connectivity index (χ3v) is 3.27. The minimum atomic E-state index is -0.189. The van der Waals surface area contributed by atoms with Gasteiger partial charge in [-0.3, -0.25) is 14.9 Å². The molecule has 6 heteroatoms. The molecule has 1 saturated heterocycles. The van der Waals surface area contributed by atoms with Gasteiger partial charge in [0.15, 0.2) is 0 Å². The van der Waals surface area contributed by atoms with Gasteiger partial charge in [-0.15, -0.1) is 0 Å². The van der Waals surface area contributed by atoms with Gasteiger partial charge >= 0.3 is 0 Å². The van der Waals surface area contributed by atoms with Gasteiger partial charge in [-0.1, -0.05) is 12.1 Å². The molecule has 3 rings (SSSR count). The summed E-state index contributed by atoms with van der Waals surface area (Å²) < 4.78 is 0. The first-order chi connectivity index (χ1) is 9.22. The lowest BCUT2D eigenvalue weighted by Gasteiger charge is -2.20. The van der Waals surface area contributed by atoms with Crippen LogP contribution in [0.5, 0.6) is 0 Å². The Hall–Kier alpha value is -2.37. The van der Waals surface area contributed by atoms with Crippen molar-refractivity contribution in [2.45, 2.75) is 12.8 Å². The smallest absolute Gasteiger partial charge is 0.231 e. The molecule has 3 N–H and O–H groups in total. The molecule has 1 aromatic carbocycles. The average molecular weight is 258 g/mol. The first-order valence-corrected chi connectivity index (χ1v) is 6.25. The van der Waals surface area contributed by atoms with Crippen LogP contribution in [0.25, 0.3) is 11.0 Å². The van der Waals surface area contributed by atoms with Gasteiger partial charge in [0.05, 0.1) is 17.0 Å². The number of hydrogen-bond donors (Lipinski definition) is 3. The van der Waals surface area contributed by atoms with E-state index in [1.807, 2.05) is 24.3 Å². The fraction of sp³-hybridized carbons (Fsp3) is 0.308. The third-order valence-electron chi connectivity index (χ3n) is 3.27. The number of aromatic nitrogens is 2. The van der Waals surface area contributed by atoms with E-state index < -0.39 is 0 Å². The van der Waals surface area contributed by atoms with Crippen LogP contribution in [0.15, 0.2) is 24.3 Å². The summed E-state index contributed by atoms with van der Waals surface area (Å²) in [6.07, 6.45) is 0.982. The number of para-hydroxylation sites is 2. The largest absolute Gasteiger partial charge is 0.355 e. The second-order valence-electron chi connectivity index (χ2n) is 4.63. The van der Waals surface area contributed by atoms with Crippen molar-refractivity contribution in [3.63, 3.8) is 0 Å². The van der Waals surface area contributed by atoms with E-state index in [1.165, 1.54) is 0 Å². The number of aromatic amines is 1. The highest BCUT2D eigenvalue weighted by molar-refractivity contribution is 5.94. The molecule has 0 spiro atoms. The molecule has 0 bridgehead atoms. The Balaban J connectivity index is 1.70. The summed E-state index contributed by atoms with van der Waals surface area (Å²) in [6.45, 7) is 0.394. The van der Waals surface area contributed by atoms with Gasteiger partial charge in [0, 0.05) is 13.0 Å². The average Bonchev–Trinajstić information content (AvgIpc) is 2.81. The van der Waals surface area contributed by atoms with Crippen molar-refractivity contribution < 1.29 is 9.59 Å². The molecule has 2 heterocycles. The molecular weight excluding hydrogens is 244 g/mol. The maximum atomic E-state index is 12.0. The molecule has 1 fully saturated rings. The fourth-order valence-corrected chi connectivity index (χ4v) is 2.19. The van der Waals surface area contributed by atoms with E-state index in [1.54, 1.807) is 0 Å². The predicted octanol–water partition coefficient (Wildman–Crippen LogP) is 1.03. The summed E-state index contributed by atoms with van der Waals surface area (Å²) in [5.74, 6) is 0.154. The molecule has 0 saturated carbocycles. The van der Waals surface area contributed by atoms with Gasteiger partial charge in [-0.05, 0) is 18.6 Å². The highest BCUT2D eigenvalue weighted by Crippen LogP contribution is 2.16. The second-order valence-corrected chi connectivity index (χ2v) is 4.63. The Morgan fingerprint density at radius 3 is 2.95 bits per heavy atom. The van der Waals surface area contributed by atoms with Crippen LogP contribution in [-0.2, 0) is 9.59 Å². The Bertz CT molecular complexity index is 591. The van der Waals surface area contributed by atoms with Crippen LogP contribution < -0.4 is 10.6 Å². The van der Waals surface area contributed by atoms with Crippen LogP contribution in [-0.4, -0.2) is 28.3 Å². The third kappa shape index (κ3) is 2.42. The summed E-state index contributed by atoms with van der Waals surface area (Å²) in [5, 5.41) is 5.45. The molecule has 0 aliphatic carbocycles. The van der Waals surface area contributed by atoms with E-state index in [0.717, 1.165) is 11.0 Å². The lowest BCUT2D eigenvalue weighted by Crippen LogP contribution is -2.40. The number of nitrogens with zero attached hydrogens (tertiary/aromatic N) is 1. The Morgan fingerprint density at radius 2 is 2.21 bits per heavy atom. The van der Waals surface area contributed by atoms with Crippen LogP contribution >= 0.6 is 0 Å². The summed E-state index contributed by atoms with van der Waals surface area (Å²) >= 11 is 0. The van der Waals surface area contributed by atoms with E-state index in [9.17, 15) is 9.59 Å². The molecule has 19 heavy (non-hydrogen) atoms. The van der Waals surface area contributed by atoms with Gasteiger partial charge < -0.3 is 10.3 Å². The van der Waals surface area contributed by atoms with Crippen molar-refractivity contribution in [1.29, 1.82) is 0 Å². The minimum absolute atomic E-state index is 0.00721. The van der Waals surface area contributed by atoms with Crippen LogP contribution in [0.4, 0.5) is 5.95 Å². The molecular formula is C13H14N4O2. The molecule has 1 atom stereocenters. The Morgan fingerprint density at radius 1 is 1.37 bits per heavy atom. The van der Waals surface area contributed by atoms with Crippen molar-refractivity contribution in [3.05, 3.63) is 24.3 Å². The normalized spacial score (nSPS) is 19.2. The van der Waals surface area contributed by atoms with Crippen molar-refractivity contribution in [2.75, 3.05) is 11.9 Å². The van der Waals surface area contributed by atoms with Crippen molar-refractivity contribution >= 4 is 28.8 Å². The zero-order valence-electron chi connectivity index (χ0n) is 10.3. The monoisotopic (exact) mass is 258 g/mol. The van der Waals surface area contributed by atoms with Gasteiger partial charge in [0.1, 0.15) is 0 Å². The first-order valence-electron chi connectivity index (χ1n) is 6.25. The lowest BCUT2D eigenvalue weighted by molar-refractivity contribution is -0.126. The van der Waals surface area contributed by atoms with Gasteiger partial charge in [-0.2, -0.15) is 0 Å². The van der Waals surface area contributed by atoms with E-state index in [2.05, 4.69) is 20.6 Å². The van der Waals surface area contributed by atoms with Crippen molar-refractivity contribution in [1.82, 2.24) is 15.3 Å². The fourth-order valence-electron chi connectivity index (χ4n) is 2.19. The predicted molar refractivity (Wildman–Crippen MR) is 70.5 cm³/mol. The van der Waals surface area contributed by atoms with E-state index >= 15 is 0 Å². The van der Waals surface area contributed by atoms with Crippen LogP contribution in [0.3, 0.4) is 0 Å². The second kappa shape index (κ2) is 4.72. The number of benzene rings is 1. The number of rotatable bonds is 2. The topological polar surface area (TPSA) is 86.9 Å².